The standard InChI is InChI=1S/C20H26N2O2/c1-15-8-10-17(11-9-15)22(2)20(23)13-12-19-21-14-18(24-19)16-6-4-3-5-7-16/h3-7,14-15,17H,8-13H2,1-2H3. The zero-order valence-corrected chi connectivity index (χ0v) is 14.6. The minimum Gasteiger partial charge on any atom is -0.441 e. The molecule has 2 aromatic rings. The van der Waals surface area contributed by atoms with Gasteiger partial charge >= 0.3 is 0 Å². The van der Waals surface area contributed by atoms with Crippen LogP contribution in [-0.4, -0.2) is 28.9 Å². The van der Waals surface area contributed by atoms with Crippen molar-refractivity contribution < 1.29 is 9.21 Å². The number of nitrogens with zero attached hydrogens (tertiary/aromatic N) is 2. The third kappa shape index (κ3) is 4.05. The van der Waals surface area contributed by atoms with Gasteiger partial charge in [0.25, 0.3) is 0 Å². The highest BCUT2D eigenvalue weighted by Crippen LogP contribution is 2.27. The van der Waals surface area contributed by atoms with Crippen LogP contribution in [-0.2, 0) is 11.2 Å². The monoisotopic (exact) mass is 326 g/mol. The molecule has 24 heavy (non-hydrogen) atoms. The van der Waals surface area contributed by atoms with Crippen LogP contribution in [0.4, 0.5) is 0 Å². The maximum Gasteiger partial charge on any atom is 0.223 e. The summed E-state index contributed by atoms with van der Waals surface area (Å²) in [5.41, 5.74) is 1.01. The number of aryl methyl sites for hydroxylation is 1. The molecular weight excluding hydrogens is 300 g/mol. The van der Waals surface area contributed by atoms with Gasteiger partial charge in [-0.15, -0.1) is 0 Å². The van der Waals surface area contributed by atoms with Crippen molar-refractivity contribution in [3.05, 3.63) is 42.4 Å². The number of hydrogen-bond acceptors (Lipinski definition) is 3. The van der Waals surface area contributed by atoms with Crippen molar-refractivity contribution in [1.29, 1.82) is 0 Å². The quantitative estimate of drug-likeness (QED) is 0.822. The van der Waals surface area contributed by atoms with E-state index < -0.39 is 0 Å². The van der Waals surface area contributed by atoms with Crippen LogP contribution in [0.1, 0.15) is 44.9 Å². The van der Waals surface area contributed by atoms with Crippen LogP contribution < -0.4 is 0 Å². The minimum atomic E-state index is 0.189. The number of amides is 1. The Balaban J connectivity index is 1.52. The van der Waals surface area contributed by atoms with Crippen LogP contribution in [0.15, 0.2) is 40.9 Å². The summed E-state index contributed by atoms with van der Waals surface area (Å²) >= 11 is 0. The lowest BCUT2D eigenvalue weighted by atomic mass is 9.86. The molecule has 0 radical (unpaired) electrons. The van der Waals surface area contributed by atoms with Crippen molar-refractivity contribution in [3.8, 4) is 11.3 Å². The van der Waals surface area contributed by atoms with Crippen LogP contribution in [0.5, 0.6) is 0 Å². The second kappa shape index (κ2) is 7.65. The van der Waals surface area contributed by atoms with Gasteiger partial charge in [-0.25, -0.2) is 4.98 Å². The summed E-state index contributed by atoms with van der Waals surface area (Å²) in [4.78, 5) is 18.7. The van der Waals surface area contributed by atoms with E-state index in [1.165, 1.54) is 12.8 Å². The Kier molecular flexibility index (Phi) is 5.34. The van der Waals surface area contributed by atoms with Crippen molar-refractivity contribution in [2.75, 3.05) is 7.05 Å². The fraction of sp³-hybridized carbons (Fsp3) is 0.500. The molecule has 1 heterocycles. The van der Waals surface area contributed by atoms with Gasteiger partial charge in [0, 0.05) is 31.5 Å². The zero-order chi connectivity index (χ0) is 16.9. The predicted octanol–water partition coefficient (Wildman–Crippen LogP) is 4.31. The van der Waals surface area contributed by atoms with E-state index in [4.69, 9.17) is 4.42 Å². The number of carbonyl (C=O) groups excluding carboxylic acids is 1. The molecule has 0 saturated heterocycles. The summed E-state index contributed by atoms with van der Waals surface area (Å²) in [5.74, 6) is 2.38. The summed E-state index contributed by atoms with van der Waals surface area (Å²) in [5, 5.41) is 0. The molecule has 1 amide bonds. The van der Waals surface area contributed by atoms with Crippen LogP contribution in [0, 0.1) is 5.92 Å². The summed E-state index contributed by atoms with van der Waals surface area (Å²) < 4.78 is 5.78. The fourth-order valence-electron chi connectivity index (χ4n) is 3.39. The Hall–Kier alpha value is -2.10. The first-order chi connectivity index (χ1) is 11.6. The smallest absolute Gasteiger partial charge is 0.223 e. The molecule has 0 N–H and O–H groups in total. The van der Waals surface area contributed by atoms with Crippen LogP contribution in [0.3, 0.4) is 0 Å². The van der Waals surface area contributed by atoms with Crippen molar-refractivity contribution >= 4 is 5.91 Å². The van der Waals surface area contributed by atoms with Gasteiger partial charge in [-0.2, -0.15) is 0 Å². The second-order valence-electron chi connectivity index (χ2n) is 6.90. The van der Waals surface area contributed by atoms with Gasteiger partial charge in [0.05, 0.1) is 6.20 Å². The molecule has 0 aliphatic heterocycles. The summed E-state index contributed by atoms with van der Waals surface area (Å²) in [6.07, 6.45) is 7.45. The van der Waals surface area contributed by atoms with Gasteiger partial charge < -0.3 is 9.32 Å². The average molecular weight is 326 g/mol. The summed E-state index contributed by atoms with van der Waals surface area (Å²) in [7, 11) is 1.94. The zero-order valence-electron chi connectivity index (χ0n) is 14.6. The van der Waals surface area contributed by atoms with E-state index in [2.05, 4.69) is 11.9 Å². The number of benzene rings is 1. The number of oxazole rings is 1. The van der Waals surface area contributed by atoms with E-state index in [1.807, 2.05) is 42.3 Å². The second-order valence-corrected chi connectivity index (χ2v) is 6.90. The van der Waals surface area contributed by atoms with Crippen molar-refractivity contribution in [1.82, 2.24) is 9.88 Å². The highest BCUT2D eigenvalue weighted by atomic mass is 16.4. The molecule has 0 bridgehead atoms. The first-order valence-electron chi connectivity index (χ1n) is 8.89. The van der Waals surface area contributed by atoms with Crippen LogP contribution in [0.2, 0.25) is 0 Å². The minimum absolute atomic E-state index is 0.189. The Bertz CT molecular complexity index is 657. The molecule has 0 atom stereocenters. The van der Waals surface area contributed by atoms with E-state index in [0.29, 0.717) is 24.8 Å². The molecular formula is C20H26N2O2. The molecule has 1 fully saturated rings. The molecule has 128 valence electrons. The molecule has 0 spiro atoms. The van der Waals surface area contributed by atoms with Gasteiger partial charge in [-0.3, -0.25) is 4.79 Å². The van der Waals surface area contributed by atoms with Crippen LogP contribution >= 0.6 is 0 Å². The molecule has 0 unspecified atom stereocenters. The SMILES string of the molecule is CC1CCC(N(C)C(=O)CCc2ncc(-c3ccccc3)o2)CC1. The number of hydrogen-bond donors (Lipinski definition) is 0. The maximum atomic E-state index is 12.4. The highest BCUT2D eigenvalue weighted by Gasteiger charge is 2.24. The van der Waals surface area contributed by atoms with E-state index in [9.17, 15) is 4.79 Å². The molecule has 1 saturated carbocycles. The lowest BCUT2D eigenvalue weighted by Gasteiger charge is -2.33. The van der Waals surface area contributed by atoms with Gasteiger partial charge in [-0.05, 0) is 31.6 Å². The predicted molar refractivity (Wildman–Crippen MR) is 94.5 cm³/mol. The Morgan fingerprint density at radius 3 is 2.62 bits per heavy atom. The lowest BCUT2D eigenvalue weighted by molar-refractivity contribution is -0.132. The normalized spacial score (nSPS) is 20.8. The molecule has 1 aliphatic carbocycles. The van der Waals surface area contributed by atoms with E-state index >= 15 is 0 Å². The summed E-state index contributed by atoms with van der Waals surface area (Å²) in [6, 6.07) is 10.3. The van der Waals surface area contributed by atoms with Gasteiger partial charge in [-0.1, -0.05) is 37.3 Å². The Morgan fingerprint density at radius 1 is 1.21 bits per heavy atom. The van der Waals surface area contributed by atoms with Crippen molar-refractivity contribution in [2.45, 2.75) is 51.5 Å². The number of rotatable bonds is 5. The fourth-order valence-corrected chi connectivity index (χ4v) is 3.39. The van der Waals surface area contributed by atoms with E-state index in [-0.39, 0.29) is 5.91 Å². The van der Waals surface area contributed by atoms with E-state index in [1.54, 1.807) is 6.20 Å². The lowest BCUT2D eigenvalue weighted by Crippen LogP contribution is -2.39. The molecule has 4 heteroatoms. The highest BCUT2D eigenvalue weighted by molar-refractivity contribution is 5.76. The number of aromatic nitrogens is 1. The third-order valence-electron chi connectivity index (χ3n) is 5.09. The van der Waals surface area contributed by atoms with Crippen molar-refractivity contribution in [3.63, 3.8) is 0 Å². The molecule has 1 aromatic carbocycles. The molecule has 1 aromatic heterocycles. The summed E-state index contributed by atoms with van der Waals surface area (Å²) in [6.45, 7) is 2.30. The Labute approximate surface area is 143 Å². The first kappa shape index (κ1) is 16.7. The first-order valence-corrected chi connectivity index (χ1v) is 8.89. The topological polar surface area (TPSA) is 46.3 Å². The van der Waals surface area contributed by atoms with Crippen molar-refractivity contribution in [2.24, 2.45) is 5.92 Å². The largest absolute Gasteiger partial charge is 0.441 e. The average Bonchev–Trinajstić information content (AvgIpc) is 3.09. The number of carbonyl (C=O) groups is 1. The molecule has 4 nitrogen and oxygen atoms in total. The van der Waals surface area contributed by atoms with Gasteiger partial charge in [0.15, 0.2) is 11.7 Å². The maximum absolute atomic E-state index is 12.4. The van der Waals surface area contributed by atoms with Gasteiger partial charge in [0.2, 0.25) is 5.91 Å². The third-order valence-corrected chi connectivity index (χ3v) is 5.09. The Morgan fingerprint density at radius 2 is 1.92 bits per heavy atom. The van der Waals surface area contributed by atoms with Crippen LogP contribution in [0.25, 0.3) is 11.3 Å². The molecule has 3 rings (SSSR count). The van der Waals surface area contributed by atoms with Gasteiger partial charge in [0.1, 0.15) is 0 Å². The van der Waals surface area contributed by atoms with E-state index in [0.717, 1.165) is 30.1 Å². The molecule has 1 aliphatic rings.